The number of hydrogen-bond donors (Lipinski definition) is 0. The maximum absolute atomic E-state index is 6.36. The Kier molecular flexibility index (Phi) is 6.43. The summed E-state index contributed by atoms with van der Waals surface area (Å²) in [7, 11) is 0. The van der Waals surface area contributed by atoms with Gasteiger partial charge in [-0.05, 0) is 101 Å². The zero-order valence-corrected chi connectivity index (χ0v) is 25.4. The van der Waals surface area contributed by atoms with Gasteiger partial charge in [-0.25, -0.2) is 4.98 Å². The summed E-state index contributed by atoms with van der Waals surface area (Å²) in [5, 5.41) is 2.16. The highest BCUT2D eigenvalue weighted by Crippen LogP contribution is 2.37. The number of rotatable bonds is 6. The minimum Gasteiger partial charge on any atom is -0.456 e. The van der Waals surface area contributed by atoms with Crippen LogP contribution in [0.1, 0.15) is 0 Å². The third-order valence-corrected chi connectivity index (χ3v) is 8.72. The number of oxazole rings is 1. The Morgan fingerprint density at radius 2 is 0.830 bits per heavy atom. The summed E-state index contributed by atoms with van der Waals surface area (Å²) < 4.78 is 12.4. The average molecular weight is 605 g/mol. The van der Waals surface area contributed by atoms with Crippen LogP contribution in [-0.4, -0.2) is 4.98 Å². The minimum absolute atomic E-state index is 0.591. The molecule has 0 saturated carbocycles. The highest BCUT2D eigenvalue weighted by molar-refractivity contribution is 6.06. The second-order valence-electron chi connectivity index (χ2n) is 11.6. The number of nitrogens with zero attached hydrogens (tertiary/aromatic N) is 2. The summed E-state index contributed by atoms with van der Waals surface area (Å²) in [5.74, 6) is 0.591. The molecule has 0 bridgehead atoms. The van der Waals surface area contributed by atoms with Crippen molar-refractivity contribution >= 4 is 50.1 Å². The van der Waals surface area contributed by atoms with Crippen molar-refractivity contribution in [2.45, 2.75) is 0 Å². The molecule has 9 rings (SSSR count). The summed E-state index contributed by atoms with van der Waals surface area (Å²) in [5.41, 5.74) is 12.1. The quantitative estimate of drug-likeness (QED) is 0.189. The largest absolute Gasteiger partial charge is 0.456 e. The highest BCUT2D eigenvalue weighted by atomic mass is 16.3. The molecule has 4 nitrogen and oxygen atoms in total. The predicted octanol–water partition coefficient (Wildman–Crippen LogP) is 12.2. The SMILES string of the molecule is c1ccc(N(c2ccccc2)c2ccc(-c3ccc(-c4ccc5c(c4)oc4cc(-c6nc7ccccc7o6)ccc45)cc3)cc2)cc1. The Morgan fingerprint density at radius 1 is 0.362 bits per heavy atom. The molecular formula is C43H28N2O2. The number of furan rings is 1. The molecule has 0 aliphatic carbocycles. The van der Waals surface area contributed by atoms with E-state index in [1.54, 1.807) is 0 Å². The molecular weight excluding hydrogens is 576 g/mol. The molecule has 0 aliphatic heterocycles. The van der Waals surface area contributed by atoms with Crippen LogP contribution in [0.3, 0.4) is 0 Å². The lowest BCUT2D eigenvalue weighted by Gasteiger charge is -2.25. The average Bonchev–Trinajstić information content (AvgIpc) is 3.74. The van der Waals surface area contributed by atoms with Crippen molar-refractivity contribution in [3.63, 3.8) is 0 Å². The van der Waals surface area contributed by atoms with E-state index in [9.17, 15) is 0 Å². The molecule has 0 fully saturated rings. The lowest BCUT2D eigenvalue weighted by molar-refractivity contribution is 0.619. The molecule has 47 heavy (non-hydrogen) atoms. The van der Waals surface area contributed by atoms with E-state index in [1.807, 2.05) is 48.5 Å². The molecule has 0 atom stereocenters. The number of hydrogen-bond acceptors (Lipinski definition) is 4. The standard InChI is InChI=1S/C43H28N2O2/c1-3-9-34(10-4-1)45(35-11-5-2-6-12-35)36-23-19-30(20-24-36)29-15-17-31(18-16-29)32-21-25-37-38-26-22-33(28-42(38)46-41(37)27-32)43-44-39-13-7-8-14-40(39)47-43/h1-28H. The van der Waals surface area contributed by atoms with Gasteiger partial charge in [-0.3, -0.25) is 0 Å². The number of para-hydroxylation sites is 4. The first-order valence-corrected chi connectivity index (χ1v) is 15.7. The van der Waals surface area contributed by atoms with Crippen LogP contribution in [0.4, 0.5) is 17.1 Å². The van der Waals surface area contributed by atoms with E-state index in [2.05, 4.69) is 131 Å². The molecule has 2 aromatic heterocycles. The van der Waals surface area contributed by atoms with Crippen LogP contribution in [0.2, 0.25) is 0 Å². The van der Waals surface area contributed by atoms with Crippen LogP contribution in [-0.2, 0) is 0 Å². The van der Waals surface area contributed by atoms with Crippen molar-refractivity contribution in [2.24, 2.45) is 0 Å². The molecule has 0 radical (unpaired) electrons. The monoisotopic (exact) mass is 604 g/mol. The Morgan fingerprint density at radius 3 is 1.45 bits per heavy atom. The van der Waals surface area contributed by atoms with E-state index < -0.39 is 0 Å². The number of fused-ring (bicyclic) bond motifs is 4. The van der Waals surface area contributed by atoms with Gasteiger partial charge in [-0.15, -0.1) is 0 Å². The lowest BCUT2D eigenvalue weighted by Crippen LogP contribution is -2.09. The van der Waals surface area contributed by atoms with E-state index in [4.69, 9.17) is 8.83 Å². The fourth-order valence-corrected chi connectivity index (χ4v) is 6.34. The normalized spacial score (nSPS) is 11.4. The summed E-state index contributed by atoms with van der Waals surface area (Å²) in [4.78, 5) is 6.93. The van der Waals surface area contributed by atoms with E-state index in [0.29, 0.717) is 5.89 Å². The van der Waals surface area contributed by atoms with Gasteiger partial charge in [0.05, 0.1) is 0 Å². The van der Waals surface area contributed by atoms with Crippen molar-refractivity contribution in [1.82, 2.24) is 4.98 Å². The number of aromatic nitrogens is 1. The highest BCUT2D eigenvalue weighted by Gasteiger charge is 2.14. The molecule has 7 aromatic carbocycles. The van der Waals surface area contributed by atoms with Crippen molar-refractivity contribution in [2.75, 3.05) is 4.90 Å². The number of benzene rings is 7. The molecule has 0 spiro atoms. The molecule has 0 saturated heterocycles. The lowest BCUT2D eigenvalue weighted by atomic mass is 9.99. The molecule has 9 aromatic rings. The second kappa shape index (κ2) is 11.2. The van der Waals surface area contributed by atoms with Crippen LogP contribution < -0.4 is 4.90 Å². The van der Waals surface area contributed by atoms with E-state index >= 15 is 0 Å². The molecule has 4 heteroatoms. The first-order chi connectivity index (χ1) is 23.3. The fourth-order valence-electron chi connectivity index (χ4n) is 6.34. The van der Waals surface area contributed by atoms with Gasteiger partial charge in [0.1, 0.15) is 16.7 Å². The van der Waals surface area contributed by atoms with Gasteiger partial charge < -0.3 is 13.7 Å². The molecule has 0 amide bonds. The maximum Gasteiger partial charge on any atom is 0.227 e. The van der Waals surface area contributed by atoms with Crippen molar-refractivity contribution in [3.05, 3.63) is 170 Å². The second-order valence-corrected chi connectivity index (χ2v) is 11.6. The zero-order valence-electron chi connectivity index (χ0n) is 25.4. The Hall–Kier alpha value is -6.39. The Balaban J connectivity index is 0.989. The molecule has 2 heterocycles. The van der Waals surface area contributed by atoms with E-state index in [1.165, 1.54) is 11.1 Å². The zero-order chi connectivity index (χ0) is 31.2. The van der Waals surface area contributed by atoms with Gasteiger partial charge in [-0.2, -0.15) is 0 Å². The van der Waals surface area contributed by atoms with Gasteiger partial charge >= 0.3 is 0 Å². The van der Waals surface area contributed by atoms with Gasteiger partial charge in [0.15, 0.2) is 5.58 Å². The Bertz CT molecular complexity index is 2420. The van der Waals surface area contributed by atoms with Crippen molar-refractivity contribution < 1.29 is 8.83 Å². The molecule has 222 valence electrons. The van der Waals surface area contributed by atoms with Crippen molar-refractivity contribution in [1.29, 1.82) is 0 Å². The van der Waals surface area contributed by atoms with Crippen LogP contribution in [0.25, 0.3) is 66.7 Å². The molecule has 0 unspecified atom stereocenters. The smallest absolute Gasteiger partial charge is 0.227 e. The Labute approximate surface area is 271 Å². The van der Waals surface area contributed by atoms with Gasteiger partial charge in [0, 0.05) is 33.4 Å². The summed E-state index contributed by atoms with van der Waals surface area (Å²) in [6, 6.07) is 58.8. The van der Waals surface area contributed by atoms with Crippen LogP contribution >= 0.6 is 0 Å². The van der Waals surface area contributed by atoms with Crippen LogP contribution in [0.5, 0.6) is 0 Å². The maximum atomic E-state index is 6.36. The topological polar surface area (TPSA) is 42.4 Å². The fraction of sp³-hybridized carbons (Fsp3) is 0. The van der Waals surface area contributed by atoms with Gasteiger partial charge in [-0.1, -0.05) is 91.0 Å². The van der Waals surface area contributed by atoms with Crippen molar-refractivity contribution in [3.8, 4) is 33.7 Å². The van der Waals surface area contributed by atoms with Crippen LogP contribution in [0.15, 0.2) is 179 Å². The molecule has 0 N–H and O–H groups in total. The van der Waals surface area contributed by atoms with Crippen LogP contribution in [0, 0.1) is 0 Å². The predicted molar refractivity (Wildman–Crippen MR) is 192 cm³/mol. The minimum atomic E-state index is 0.591. The van der Waals surface area contributed by atoms with Gasteiger partial charge in [0.25, 0.3) is 0 Å². The van der Waals surface area contributed by atoms with Gasteiger partial charge in [0.2, 0.25) is 5.89 Å². The van der Waals surface area contributed by atoms with E-state index in [-0.39, 0.29) is 0 Å². The van der Waals surface area contributed by atoms with E-state index in [0.717, 1.165) is 66.8 Å². The third kappa shape index (κ3) is 4.93. The summed E-state index contributed by atoms with van der Waals surface area (Å²) in [6.45, 7) is 0. The summed E-state index contributed by atoms with van der Waals surface area (Å²) >= 11 is 0. The molecule has 0 aliphatic rings. The summed E-state index contributed by atoms with van der Waals surface area (Å²) in [6.07, 6.45) is 0. The first kappa shape index (κ1) is 27.0. The number of anilines is 3. The third-order valence-electron chi connectivity index (χ3n) is 8.72. The first-order valence-electron chi connectivity index (χ1n) is 15.7.